The summed E-state index contributed by atoms with van der Waals surface area (Å²) in [5, 5.41) is 5.63. The van der Waals surface area contributed by atoms with Crippen LogP contribution in [0.15, 0.2) is 66.7 Å². The van der Waals surface area contributed by atoms with Crippen molar-refractivity contribution < 1.29 is 9.59 Å². The number of aryl methyl sites for hydroxylation is 2. The lowest BCUT2D eigenvalue weighted by atomic mass is 10.0. The van der Waals surface area contributed by atoms with Crippen molar-refractivity contribution in [1.82, 2.24) is 5.32 Å². The molecule has 176 valence electrons. The van der Waals surface area contributed by atoms with Crippen LogP contribution < -0.4 is 20.4 Å². The summed E-state index contributed by atoms with van der Waals surface area (Å²) in [4.78, 5) is 29.7. The van der Waals surface area contributed by atoms with Gasteiger partial charge in [0.25, 0.3) is 0 Å². The molecule has 0 saturated heterocycles. The average Bonchev–Trinajstić information content (AvgIpc) is 3.25. The van der Waals surface area contributed by atoms with E-state index in [9.17, 15) is 9.59 Å². The van der Waals surface area contributed by atoms with Gasteiger partial charge < -0.3 is 20.4 Å². The fraction of sp³-hybridized carbons (Fsp3) is 0.286. The van der Waals surface area contributed by atoms with Crippen LogP contribution in [0.2, 0.25) is 0 Å². The molecule has 3 aromatic rings. The maximum Gasteiger partial charge on any atom is 0.313 e. The van der Waals surface area contributed by atoms with Gasteiger partial charge in [-0.2, -0.15) is 0 Å². The van der Waals surface area contributed by atoms with Gasteiger partial charge in [0.15, 0.2) is 0 Å². The minimum atomic E-state index is -0.655. The van der Waals surface area contributed by atoms with Crippen molar-refractivity contribution in [1.29, 1.82) is 0 Å². The number of nitrogens with zero attached hydrogens (tertiary/aromatic N) is 2. The summed E-state index contributed by atoms with van der Waals surface area (Å²) in [6.45, 7) is 5.05. The number of nitrogens with one attached hydrogen (secondary N) is 2. The van der Waals surface area contributed by atoms with Crippen LogP contribution in [0.3, 0.4) is 0 Å². The highest BCUT2D eigenvalue weighted by atomic mass is 16.2. The highest BCUT2D eigenvalue weighted by molar-refractivity contribution is 6.39. The van der Waals surface area contributed by atoms with E-state index in [0.717, 1.165) is 35.3 Å². The first-order valence-corrected chi connectivity index (χ1v) is 11.6. The average molecular weight is 457 g/mol. The van der Waals surface area contributed by atoms with Crippen molar-refractivity contribution in [2.45, 2.75) is 26.3 Å². The van der Waals surface area contributed by atoms with Gasteiger partial charge in [-0.25, -0.2) is 0 Å². The fourth-order valence-corrected chi connectivity index (χ4v) is 4.41. The molecule has 6 nitrogen and oxygen atoms in total. The second-order valence-corrected chi connectivity index (χ2v) is 9.06. The van der Waals surface area contributed by atoms with Crippen molar-refractivity contribution >= 4 is 28.9 Å². The summed E-state index contributed by atoms with van der Waals surface area (Å²) in [5.41, 5.74) is 7.28. The summed E-state index contributed by atoms with van der Waals surface area (Å²) in [5.74, 6) is -1.29. The molecule has 1 aliphatic heterocycles. The second kappa shape index (κ2) is 10.00. The van der Waals surface area contributed by atoms with E-state index in [1.54, 1.807) is 0 Å². The third-order valence-electron chi connectivity index (χ3n) is 6.40. The molecule has 0 spiro atoms. The van der Waals surface area contributed by atoms with Gasteiger partial charge in [0.05, 0.1) is 6.04 Å². The molecular weight excluding hydrogens is 424 g/mol. The molecule has 2 amide bonds. The minimum absolute atomic E-state index is 0.0858. The van der Waals surface area contributed by atoms with E-state index in [1.807, 2.05) is 52.2 Å². The zero-order valence-electron chi connectivity index (χ0n) is 20.3. The number of hydrogen-bond donors (Lipinski definition) is 2. The number of amides is 2. The van der Waals surface area contributed by atoms with E-state index in [2.05, 4.69) is 62.9 Å². The molecule has 3 aromatic carbocycles. The highest BCUT2D eigenvalue weighted by Crippen LogP contribution is 2.35. The number of rotatable bonds is 6. The second-order valence-electron chi connectivity index (χ2n) is 9.06. The van der Waals surface area contributed by atoms with Gasteiger partial charge in [-0.1, -0.05) is 42.5 Å². The van der Waals surface area contributed by atoms with Gasteiger partial charge in [-0.05, 0) is 66.8 Å². The molecule has 1 atom stereocenters. The van der Waals surface area contributed by atoms with E-state index in [0.29, 0.717) is 12.2 Å². The molecule has 0 radical (unpaired) electrons. The van der Waals surface area contributed by atoms with E-state index in [1.165, 1.54) is 11.3 Å². The summed E-state index contributed by atoms with van der Waals surface area (Å²) in [6.07, 6.45) is 0.962. The summed E-state index contributed by atoms with van der Waals surface area (Å²) in [7, 11) is 4.02. The maximum absolute atomic E-state index is 12.7. The van der Waals surface area contributed by atoms with Gasteiger partial charge in [-0.3, -0.25) is 9.59 Å². The van der Waals surface area contributed by atoms with Crippen LogP contribution >= 0.6 is 0 Å². The van der Waals surface area contributed by atoms with E-state index in [-0.39, 0.29) is 6.04 Å². The van der Waals surface area contributed by atoms with Crippen LogP contribution in [0.25, 0.3) is 0 Å². The first-order valence-electron chi connectivity index (χ1n) is 11.6. The monoisotopic (exact) mass is 456 g/mol. The van der Waals surface area contributed by atoms with Gasteiger partial charge >= 0.3 is 11.8 Å². The van der Waals surface area contributed by atoms with Crippen LogP contribution in [-0.4, -0.2) is 39.0 Å². The van der Waals surface area contributed by atoms with Crippen LogP contribution in [0.1, 0.15) is 28.3 Å². The SMILES string of the molecule is Cc1ccc(C)c(NC(=O)C(=O)NCC(c2ccc(N(C)C)cc2)N2CCc3ccccc32)c1. The Labute approximate surface area is 201 Å². The summed E-state index contributed by atoms with van der Waals surface area (Å²) in [6, 6.07) is 22.4. The van der Waals surface area contributed by atoms with Crippen LogP contribution in [-0.2, 0) is 16.0 Å². The number of hydrogen-bond acceptors (Lipinski definition) is 4. The van der Waals surface area contributed by atoms with Crippen LogP contribution in [0.4, 0.5) is 17.1 Å². The predicted molar refractivity (Wildman–Crippen MR) is 139 cm³/mol. The Morgan fingerprint density at radius 1 is 0.971 bits per heavy atom. The number of anilines is 3. The Hall–Kier alpha value is -3.80. The number of carbonyl (C=O) groups excluding carboxylic acids is 2. The van der Waals surface area contributed by atoms with Crippen molar-refractivity contribution in [3.05, 3.63) is 89.0 Å². The topological polar surface area (TPSA) is 64.7 Å². The maximum atomic E-state index is 12.7. The molecule has 2 N–H and O–H groups in total. The van der Waals surface area contributed by atoms with Gasteiger partial charge in [0.2, 0.25) is 0 Å². The smallest absolute Gasteiger partial charge is 0.313 e. The van der Waals surface area contributed by atoms with Crippen molar-refractivity contribution in [2.75, 3.05) is 42.3 Å². The number of para-hydroxylation sites is 1. The third kappa shape index (κ3) is 5.06. The van der Waals surface area contributed by atoms with Crippen molar-refractivity contribution in [3.8, 4) is 0 Å². The quantitative estimate of drug-likeness (QED) is 0.545. The molecule has 6 heteroatoms. The molecule has 0 bridgehead atoms. The normalized spacial score (nSPS) is 13.2. The van der Waals surface area contributed by atoms with Crippen molar-refractivity contribution in [2.24, 2.45) is 0 Å². The lowest BCUT2D eigenvalue weighted by molar-refractivity contribution is -0.136. The summed E-state index contributed by atoms with van der Waals surface area (Å²) >= 11 is 0. The van der Waals surface area contributed by atoms with Crippen LogP contribution in [0.5, 0.6) is 0 Å². The molecule has 0 saturated carbocycles. The standard InChI is InChI=1S/C28H32N4O2/c1-19-9-10-20(2)24(17-19)30-28(34)27(33)29-18-26(22-11-13-23(14-12-22)31(3)4)32-16-15-21-7-5-6-8-25(21)32/h5-14,17,26H,15-16,18H2,1-4H3,(H,29,33)(H,30,34). The van der Waals surface area contributed by atoms with Crippen molar-refractivity contribution in [3.63, 3.8) is 0 Å². The Bertz CT molecular complexity index is 1190. The first kappa shape index (κ1) is 23.4. The van der Waals surface area contributed by atoms with E-state index >= 15 is 0 Å². The lowest BCUT2D eigenvalue weighted by Gasteiger charge is -2.31. The number of carbonyl (C=O) groups is 2. The zero-order chi connectivity index (χ0) is 24.2. The van der Waals surface area contributed by atoms with Gasteiger partial charge in [-0.15, -0.1) is 0 Å². The highest BCUT2D eigenvalue weighted by Gasteiger charge is 2.28. The Morgan fingerprint density at radius 2 is 1.71 bits per heavy atom. The molecule has 4 rings (SSSR count). The van der Waals surface area contributed by atoms with E-state index < -0.39 is 11.8 Å². The van der Waals surface area contributed by atoms with Crippen LogP contribution in [0, 0.1) is 13.8 Å². The van der Waals surface area contributed by atoms with Gasteiger partial charge in [0.1, 0.15) is 0 Å². The lowest BCUT2D eigenvalue weighted by Crippen LogP contribution is -2.41. The third-order valence-corrected chi connectivity index (χ3v) is 6.40. The molecule has 1 unspecified atom stereocenters. The molecule has 1 aliphatic rings. The molecule has 0 aromatic heterocycles. The molecule has 0 fully saturated rings. The zero-order valence-corrected chi connectivity index (χ0v) is 20.3. The summed E-state index contributed by atoms with van der Waals surface area (Å²) < 4.78 is 0. The molecule has 34 heavy (non-hydrogen) atoms. The largest absolute Gasteiger partial charge is 0.378 e. The molecular formula is C28H32N4O2. The molecule has 1 heterocycles. The fourth-order valence-electron chi connectivity index (χ4n) is 4.41. The Morgan fingerprint density at radius 3 is 2.44 bits per heavy atom. The number of benzene rings is 3. The Balaban J connectivity index is 1.52. The van der Waals surface area contributed by atoms with E-state index in [4.69, 9.17) is 0 Å². The van der Waals surface area contributed by atoms with Gasteiger partial charge in [0, 0.05) is 44.2 Å². The minimum Gasteiger partial charge on any atom is -0.378 e. The molecule has 0 aliphatic carbocycles. The first-order chi connectivity index (χ1) is 16.3. The Kier molecular flexibility index (Phi) is 6.87. The number of fused-ring (bicyclic) bond motifs is 1. The predicted octanol–water partition coefficient (Wildman–Crippen LogP) is 4.23.